The molecular weight excluding hydrogens is 188 g/mol. The molecule has 0 heterocycles. The van der Waals surface area contributed by atoms with E-state index in [1.165, 1.54) is 32.1 Å². The van der Waals surface area contributed by atoms with Crippen LogP contribution in [0.15, 0.2) is 0 Å². The van der Waals surface area contributed by atoms with Crippen LogP contribution in [0.3, 0.4) is 0 Å². The maximum absolute atomic E-state index is 12.0. The van der Waals surface area contributed by atoms with Gasteiger partial charge in [-0.15, -0.1) is 0 Å². The van der Waals surface area contributed by atoms with Crippen molar-refractivity contribution in [2.75, 3.05) is 13.7 Å². The molecular formula is C13H24O2. The van der Waals surface area contributed by atoms with Crippen LogP contribution in [0, 0.1) is 11.8 Å². The van der Waals surface area contributed by atoms with Gasteiger partial charge in [0.2, 0.25) is 0 Å². The fourth-order valence-electron chi connectivity index (χ4n) is 2.64. The zero-order valence-corrected chi connectivity index (χ0v) is 10.1. The molecule has 15 heavy (non-hydrogen) atoms. The third-order valence-corrected chi connectivity index (χ3v) is 3.48. The zero-order chi connectivity index (χ0) is 11.1. The first-order valence-corrected chi connectivity index (χ1v) is 6.31. The minimum absolute atomic E-state index is 0.176. The Hall–Kier alpha value is -0.370. The second-order valence-electron chi connectivity index (χ2n) is 4.68. The molecule has 0 bridgehead atoms. The van der Waals surface area contributed by atoms with Crippen molar-refractivity contribution in [2.45, 2.75) is 51.9 Å². The van der Waals surface area contributed by atoms with Gasteiger partial charge >= 0.3 is 0 Å². The van der Waals surface area contributed by atoms with E-state index >= 15 is 0 Å². The van der Waals surface area contributed by atoms with Crippen molar-refractivity contribution >= 4 is 5.78 Å². The summed E-state index contributed by atoms with van der Waals surface area (Å²) in [7, 11) is 1.70. The summed E-state index contributed by atoms with van der Waals surface area (Å²) in [4.78, 5) is 12.0. The summed E-state index contributed by atoms with van der Waals surface area (Å²) in [6.45, 7) is 2.70. The first kappa shape index (κ1) is 12.7. The lowest BCUT2D eigenvalue weighted by Gasteiger charge is -2.28. The van der Waals surface area contributed by atoms with E-state index in [2.05, 4.69) is 6.92 Å². The quantitative estimate of drug-likeness (QED) is 0.676. The molecule has 0 aromatic carbocycles. The van der Waals surface area contributed by atoms with Gasteiger partial charge in [0.25, 0.3) is 0 Å². The number of methoxy groups -OCH3 is 1. The van der Waals surface area contributed by atoms with Gasteiger partial charge in [-0.25, -0.2) is 0 Å². The van der Waals surface area contributed by atoms with E-state index in [1.54, 1.807) is 7.11 Å². The first-order valence-electron chi connectivity index (χ1n) is 6.31. The molecule has 88 valence electrons. The molecule has 0 N–H and O–H groups in total. The van der Waals surface area contributed by atoms with Gasteiger partial charge in [0.15, 0.2) is 0 Å². The van der Waals surface area contributed by atoms with Crippen LogP contribution in [0.1, 0.15) is 51.9 Å². The fraction of sp³-hybridized carbons (Fsp3) is 0.923. The third kappa shape index (κ3) is 3.94. The Morgan fingerprint density at radius 2 is 2.00 bits per heavy atom. The number of carbonyl (C=O) groups excluding carboxylic acids is 1. The second kappa shape index (κ2) is 7.00. The van der Waals surface area contributed by atoms with Gasteiger partial charge in [-0.2, -0.15) is 0 Å². The molecule has 0 radical (unpaired) electrons. The Morgan fingerprint density at radius 3 is 2.53 bits per heavy atom. The van der Waals surface area contributed by atoms with E-state index in [9.17, 15) is 4.79 Å². The van der Waals surface area contributed by atoms with Crippen molar-refractivity contribution in [3.63, 3.8) is 0 Å². The molecule has 2 nitrogen and oxygen atoms in total. The number of Topliss-reactive ketones (excluding diaryl/α,β-unsaturated/α-hetero) is 1. The van der Waals surface area contributed by atoms with Crippen LogP contribution < -0.4 is 0 Å². The Balaban J connectivity index is 2.50. The van der Waals surface area contributed by atoms with Gasteiger partial charge in [-0.3, -0.25) is 4.79 Å². The molecule has 1 aliphatic rings. The molecule has 1 aliphatic carbocycles. The maximum Gasteiger partial charge on any atom is 0.138 e. The SMILES string of the molecule is CCCC(=O)C(COC)C1CCCCC1. The van der Waals surface area contributed by atoms with Gasteiger partial charge in [0.1, 0.15) is 5.78 Å². The van der Waals surface area contributed by atoms with Crippen LogP contribution in [-0.2, 0) is 9.53 Å². The van der Waals surface area contributed by atoms with Crippen molar-refractivity contribution in [3.05, 3.63) is 0 Å². The number of rotatable bonds is 6. The van der Waals surface area contributed by atoms with E-state index in [0.717, 1.165) is 12.8 Å². The van der Waals surface area contributed by atoms with Crippen LogP contribution in [0.2, 0.25) is 0 Å². The molecule has 0 saturated heterocycles. The predicted molar refractivity (Wildman–Crippen MR) is 61.9 cm³/mol. The number of ketones is 1. The summed E-state index contributed by atoms with van der Waals surface area (Å²) in [5, 5.41) is 0. The minimum Gasteiger partial charge on any atom is -0.384 e. The number of ether oxygens (including phenoxy) is 1. The lowest BCUT2D eigenvalue weighted by atomic mass is 9.77. The van der Waals surface area contributed by atoms with Crippen molar-refractivity contribution in [1.29, 1.82) is 0 Å². The average Bonchev–Trinajstić information content (AvgIpc) is 2.27. The topological polar surface area (TPSA) is 26.3 Å². The number of hydrogen-bond donors (Lipinski definition) is 0. The second-order valence-corrected chi connectivity index (χ2v) is 4.68. The standard InChI is InChI=1S/C13H24O2/c1-3-7-13(14)12(10-15-2)11-8-5-4-6-9-11/h11-12H,3-10H2,1-2H3. The summed E-state index contributed by atoms with van der Waals surface area (Å²) in [5.74, 6) is 1.19. The summed E-state index contributed by atoms with van der Waals surface area (Å²) >= 11 is 0. The van der Waals surface area contributed by atoms with Gasteiger partial charge in [0, 0.05) is 19.4 Å². The van der Waals surface area contributed by atoms with E-state index < -0.39 is 0 Å². The highest BCUT2D eigenvalue weighted by Crippen LogP contribution is 2.31. The molecule has 0 aliphatic heterocycles. The largest absolute Gasteiger partial charge is 0.384 e. The Morgan fingerprint density at radius 1 is 1.33 bits per heavy atom. The zero-order valence-electron chi connectivity index (χ0n) is 10.1. The molecule has 0 aromatic rings. The van der Waals surface area contributed by atoms with Crippen molar-refractivity contribution in [2.24, 2.45) is 11.8 Å². The van der Waals surface area contributed by atoms with Crippen molar-refractivity contribution in [3.8, 4) is 0 Å². The Kier molecular flexibility index (Phi) is 5.92. The lowest BCUT2D eigenvalue weighted by molar-refractivity contribution is -0.127. The number of hydrogen-bond acceptors (Lipinski definition) is 2. The predicted octanol–water partition coefficient (Wildman–Crippen LogP) is 3.20. The maximum atomic E-state index is 12.0. The summed E-state index contributed by atoms with van der Waals surface area (Å²) in [5.41, 5.74) is 0. The molecule has 0 amide bonds. The minimum atomic E-state index is 0.176. The van der Waals surface area contributed by atoms with Crippen LogP contribution in [0.4, 0.5) is 0 Å². The molecule has 1 fully saturated rings. The average molecular weight is 212 g/mol. The molecule has 0 spiro atoms. The molecule has 0 aromatic heterocycles. The Bertz CT molecular complexity index is 183. The van der Waals surface area contributed by atoms with Gasteiger partial charge in [-0.1, -0.05) is 26.2 Å². The molecule has 1 rings (SSSR count). The highest BCUT2D eigenvalue weighted by molar-refractivity contribution is 5.81. The Labute approximate surface area is 93.4 Å². The third-order valence-electron chi connectivity index (χ3n) is 3.48. The number of carbonyl (C=O) groups is 1. The normalized spacial score (nSPS) is 20.1. The molecule has 2 heteroatoms. The lowest BCUT2D eigenvalue weighted by Crippen LogP contribution is -2.29. The van der Waals surface area contributed by atoms with E-state index in [4.69, 9.17) is 4.74 Å². The summed E-state index contributed by atoms with van der Waals surface area (Å²) < 4.78 is 5.20. The van der Waals surface area contributed by atoms with Crippen LogP contribution in [-0.4, -0.2) is 19.5 Å². The highest BCUT2D eigenvalue weighted by atomic mass is 16.5. The molecule has 1 unspecified atom stereocenters. The molecule has 1 saturated carbocycles. The van der Waals surface area contributed by atoms with Gasteiger partial charge in [-0.05, 0) is 25.2 Å². The van der Waals surface area contributed by atoms with Crippen LogP contribution in [0.25, 0.3) is 0 Å². The summed E-state index contributed by atoms with van der Waals surface area (Å²) in [6.07, 6.45) is 8.08. The van der Waals surface area contributed by atoms with Gasteiger partial charge < -0.3 is 4.74 Å². The first-order chi connectivity index (χ1) is 7.29. The fourth-order valence-corrected chi connectivity index (χ4v) is 2.64. The van der Waals surface area contributed by atoms with E-state index in [0.29, 0.717) is 18.3 Å². The summed E-state index contributed by atoms with van der Waals surface area (Å²) in [6, 6.07) is 0. The van der Waals surface area contributed by atoms with Crippen LogP contribution in [0.5, 0.6) is 0 Å². The van der Waals surface area contributed by atoms with E-state index in [1.807, 2.05) is 0 Å². The van der Waals surface area contributed by atoms with E-state index in [-0.39, 0.29) is 5.92 Å². The van der Waals surface area contributed by atoms with Crippen molar-refractivity contribution in [1.82, 2.24) is 0 Å². The van der Waals surface area contributed by atoms with Gasteiger partial charge in [0.05, 0.1) is 6.61 Å². The van der Waals surface area contributed by atoms with Crippen LogP contribution >= 0.6 is 0 Å². The molecule has 1 atom stereocenters. The van der Waals surface area contributed by atoms with Crippen molar-refractivity contribution < 1.29 is 9.53 Å². The monoisotopic (exact) mass is 212 g/mol. The smallest absolute Gasteiger partial charge is 0.138 e. The highest BCUT2D eigenvalue weighted by Gasteiger charge is 2.28.